The highest BCUT2D eigenvalue weighted by atomic mass is 35.5. The van der Waals surface area contributed by atoms with Gasteiger partial charge in [-0.25, -0.2) is 14.6 Å². The van der Waals surface area contributed by atoms with Gasteiger partial charge in [-0.2, -0.15) is 11.8 Å². The topological polar surface area (TPSA) is 154 Å². The minimum atomic E-state index is -0.985. The molecule has 6 amide bonds. The number of hydrogen-bond donors (Lipinski definition) is 4. The number of urea groups is 2. The summed E-state index contributed by atoms with van der Waals surface area (Å²) in [6.07, 6.45) is 10.7. The molecule has 55 heavy (non-hydrogen) atoms. The minimum Gasteiger partial charge on any atom is -0.391 e. The molecule has 4 atom stereocenters. The number of imidazole rings is 1. The molecule has 4 N–H and O–H groups in total. The minimum absolute atomic E-state index is 0. The Bertz CT molecular complexity index is 1440. The first-order chi connectivity index (χ1) is 25.9. The second kappa shape index (κ2) is 23.5. The van der Waals surface area contributed by atoms with Crippen LogP contribution in [0, 0.1) is 11.8 Å². The lowest BCUT2D eigenvalue weighted by molar-refractivity contribution is -0.141. The van der Waals surface area contributed by atoms with E-state index in [1.807, 2.05) is 47.0 Å². The number of amides is 6. The van der Waals surface area contributed by atoms with Gasteiger partial charge in [-0.05, 0) is 36.7 Å². The van der Waals surface area contributed by atoms with Crippen molar-refractivity contribution in [3.63, 3.8) is 0 Å². The van der Waals surface area contributed by atoms with Crippen LogP contribution in [0.1, 0.15) is 76.5 Å². The Labute approximate surface area is 338 Å². The fourth-order valence-electron chi connectivity index (χ4n) is 7.29. The first-order valence-electron chi connectivity index (χ1n) is 19.8. The van der Waals surface area contributed by atoms with Crippen LogP contribution in [0.25, 0.3) is 0 Å². The van der Waals surface area contributed by atoms with Crippen molar-refractivity contribution in [2.24, 2.45) is 11.8 Å². The maximum absolute atomic E-state index is 14.5. The van der Waals surface area contributed by atoms with Gasteiger partial charge in [-0.1, -0.05) is 76.3 Å². The van der Waals surface area contributed by atoms with Gasteiger partial charge in [-0.3, -0.25) is 9.59 Å². The molecule has 0 unspecified atom stereocenters. The molecule has 308 valence electrons. The Morgan fingerprint density at radius 1 is 0.945 bits per heavy atom. The summed E-state index contributed by atoms with van der Waals surface area (Å²) in [6, 6.07) is 6.56. The first kappa shape index (κ1) is 45.9. The molecule has 2 aromatic rings. The molecule has 15 heteroatoms. The van der Waals surface area contributed by atoms with Gasteiger partial charge in [0.25, 0.3) is 0 Å². The number of aliphatic hydroxyl groups is 1. The molecule has 1 aliphatic heterocycles. The Morgan fingerprint density at radius 3 is 2.25 bits per heavy atom. The lowest BCUT2D eigenvalue weighted by Crippen LogP contribution is -2.59. The van der Waals surface area contributed by atoms with Gasteiger partial charge in [0.05, 0.1) is 24.2 Å². The molecule has 0 spiro atoms. The SMILES string of the molecule is CC(C)CC[C@H](O)[C@H](CC1CCCCC1)NC(=O)[C@H](Cc1c[nH]cn1)N(C)C(=O)[C@H](Cc1ccccc1)NC(=O)N(C)CCN(C)C(=O)N1CCSCC1.Cl. The number of halogens is 1. The molecule has 0 bridgehead atoms. The highest BCUT2D eigenvalue weighted by molar-refractivity contribution is 7.99. The molecular formula is C40H65ClN8O5S. The number of carbonyl (C=O) groups is 4. The summed E-state index contributed by atoms with van der Waals surface area (Å²) >= 11 is 1.83. The molecule has 2 aliphatic rings. The van der Waals surface area contributed by atoms with E-state index in [-0.39, 0.29) is 43.7 Å². The molecule has 4 rings (SSSR count). The molecule has 1 aliphatic carbocycles. The quantitative estimate of drug-likeness (QED) is 0.169. The van der Waals surface area contributed by atoms with Gasteiger partial charge in [0.15, 0.2) is 0 Å². The number of rotatable bonds is 18. The fourth-order valence-corrected chi connectivity index (χ4v) is 8.19. The number of carbonyl (C=O) groups excluding carboxylic acids is 4. The van der Waals surface area contributed by atoms with E-state index in [2.05, 4.69) is 34.4 Å². The van der Waals surface area contributed by atoms with Crippen LogP contribution in [0.15, 0.2) is 42.9 Å². The summed E-state index contributed by atoms with van der Waals surface area (Å²) in [7, 11) is 4.97. The lowest BCUT2D eigenvalue weighted by atomic mass is 9.83. The van der Waals surface area contributed by atoms with E-state index >= 15 is 0 Å². The van der Waals surface area contributed by atoms with Crippen molar-refractivity contribution in [3.8, 4) is 0 Å². The second-order valence-electron chi connectivity index (χ2n) is 15.5. The van der Waals surface area contributed by atoms with E-state index in [4.69, 9.17) is 0 Å². The van der Waals surface area contributed by atoms with E-state index in [0.29, 0.717) is 50.0 Å². The van der Waals surface area contributed by atoms with Crippen LogP contribution in [0.2, 0.25) is 0 Å². The Kier molecular flexibility index (Phi) is 19.7. The van der Waals surface area contributed by atoms with E-state index in [0.717, 1.165) is 49.2 Å². The Balaban J connectivity index is 0.00000812. The van der Waals surface area contributed by atoms with E-state index in [1.165, 1.54) is 16.2 Å². The monoisotopic (exact) mass is 804 g/mol. The predicted octanol–water partition coefficient (Wildman–Crippen LogP) is 4.81. The number of H-pyrrole nitrogens is 1. The number of aliphatic hydroxyl groups excluding tert-OH is 1. The summed E-state index contributed by atoms with van der Waals surface area (Å²) in [4.78, 5) is 69.1. The van der Waals surface area contributed by atoms with Crippen LogP contribution in [-0.4, -0.2) is 142 Å². The van der Waals surface area contributed by atoms with Crippen molar-refractivity contribution in [2.45, 2.75) is 102 Å². The zero-order chi connectivity index (χ0) is 39.0. The lowest BCUT2D eigenvalue weighted by Gasteiger charge is -2.35. The van der Waals surface area contributed by atoms with Crippen LogP contribution in [0.4, 0.5) is 9.59 Å². The number of hydrogen-bond acceptors (Lipinski definition) is 7. The molecule has 1 aromatic heterocycles. The summed E-state index contributed by atoms with van der Waals surface area (Å²) in [5, 5.41) is 17.5. The Morgan fingerprint density at radius 2 is 1.62 bits per heavy atom. The van der Waals surface area contributed by atoms with Crippen molar-refractivity contribution in [3.05, 3.63) is 54.1 Å². The molecule has 1 saturated heterocycles. The van der Waals surface area contributed by atoms with Gasteiger partial charge in [0, 0.05) is 77.9 Å². The molecule has 0 radical (unpaired) electrons. The maximum Gasteiger partial charge on any atom is 0.319 e. The van der Waals surface area contributed by atoms with Crippen LogP contribution < -0.4 is 10.6 Å². The second-order valence-corrected chi connectivity index (χ2v) is 16.8. The molecule has 2 heterocycles. The van der Waals surface area contributed by atoms with E-state index in [9.17, 15) is 24.3 Å². The molecule has 1 saturated carbocycles. The van der Waals surface area contributed by atoms with Crippen LogP contribution >= 0.6 is 24.2 Å². The average Bonchev–Trinajstić information content (AvgIpc) is 3.71. The number of nitrogens with zero attached hydrogens (tertiary/aromatic N) is 5. The summed E-state index contributed by atoms with van der Waals surface area (Å²) in [5.41, 5.74) is 1.47. The zero-order valence-corrected chi connectivity index (χ0v) is 35.1. The van der Waals surface area contributed by atoms with E-state index < -0.39 is 36.2 Å². The highest BCUT2D eigenvalue weighted by Gasteiger charge is 2.36. The van der Waals surface area contributed by atoms with Gasteiger partial charge < -0.3 is 40.3 Å². The van der Waals surface area contributed by atoms with Crippen LogP contribution in [0.3, 0.4) is 0 Å². The third-order valence-corrected chi connectivity index (χ3v) is 11.8. The molecule has 1 aromatic carbocycles. The fraction of sp³-hybridized carbons (Fsp3) is 0.675. The van der Waals surface area contributed by atoms with Crippen molar-refractivity contribution in [2.75, 3.05) is 58.8 Å². The number of thioether (sulfide) groups is 1. The Hall–Kier alpha value is -3.49. The molecule has 13 nitrogen and oxygen atoms in total. The standard InChI is InChI=1S/C40H64N8O5S.ClH/c1-29(2)16-17-36(49)33(24-30-12-8-6-9-13-30)43-37(50)35(26-32-27-41-28-42-32)47(5)38(51)34(25-31-14-10-7-11-15-31)44-39(52)45(3)18-19-46(4)40(53)48-20-22-54-23-21-48;/h7,10-11,14-15,27-30,33-36,49H,6,8-9,12-13,16-26H2,1-5H3,(H,41,42)(H,43,50)(H,44,52);1H/t33-,34-,35-,36-;/m0./s1. The number of aromatic nitrogens is 2. The van der Waals surface area contributed by atoms with Crippen LogP contribution in [0.5, 0.6) is 0 Å². The predicted molar refractivity (Wildman–Crippen MR) is 221 cm³/mol. The highest BCUT2D eigenvalue weighted by Crippen LogP contribution is 2.29. The first-order valence-corrected chi connectivity index (χ1v) is 20.9. The summed E-state index contributed by atoms with van der Waals surface area (Å²) in [5.74, 6) is 1.89. The van der Waals surface area contributed by atoms with Crippen LogP contribution in [-0.2, 0) is 22.4 Å². The summed E-state index contributed by atoms with van der Waals surface area (Å²) < 4.78 is 0. The number of likely N-dealkylation sites (N-methyl/N-ethyl adjacent to an activating group) is 3. The third kappa shape index (κ3) is 14.8. The summed E-state index contributed by atoms with van der Waals surface area (Å²) in [6.45, 7) is 6.27. The van der Waals surface area contributed by atoms with Gasteiger partial charge in [-0.15, -0.1) is 12.4 Å². The smallest absolute Gasteiger partial charge is 0.319 e. The average molecular weight is 806 g/mol. The number of nitrogens with one attached hydrogen (secondary N) is 3. The van der Waals surface area contributed by atoms with E-state index in [1.54, 1.807) is 38.6 Å². The zero-order valence-electron chi connectivity index (χ0n) is 33.5. The largest absolute Gasteiger partial charge is 0.391 e. The maximum atomic E-state index is 14.5. The van der Waals surface area contributed by atoms with Crippen molar-refractivity contribution < 1.29 is 24.3 Å². The van der Waals surface area contributed by atoms with Crippen molar-refractivity contribution >= 4 is 48.0 Å². The van der Waals surface area contributed by atoms with Gasteiger partial charge in [0.2, 0.25) is 11.8 Å². The molecular weight excluding hydrogens is 740 g/mol. The van der Waals surface area contributed by atoms with Gasteiger partial charge >= 0.3 is 12.1 Å². The van der Waals surface area contributed by atoms with Crippen molar-refractivity contribution in [1.82, 2.24) is 40.2 Å². The third-order valence-electron chi connectivity index (χ3n) is 10.8. The normalized spacial score (nSPS) is 17.0. The number of benzene rings is 1. The van der Waals surface area contributed by atoms with Gasteiger partial charge in [0.1, 0.15) is 12.1 Å². The number of aromatic amines is 1. The molecule has 2 fully saturated rings. The van der Waals surface area contributed by atoms with Crippen molar-refractivity contribution in [1.29, 1.82) is 0 Å².